The maximum absolute atomic E-state index is 5.99. The Balaban J connectivity index is 0.00000110. The summed E-state index contributed by atoms with van der Waals surface area (Å²) in [4.78, 5) is 7.20. The highest BCUT2D eigenvalue weighted by Gasteiger charge is 2.25. The van der Waals surface area contributed by atoms with Gasteiger partial charge in [-0.25, -0.2) is 0 Å². The molecule has 116 valence electrons. The molecule has 2 atom stereocenters. The zero-order valence-electron chi connectivity index (χ0n) is 12.2. The maximum atomic E-state index is 5.99. The standard InChI is InChI=1S/C16H21N3.2ClH/c1-12(17)14-8-9-19(10-14)11-15-7-6-13-4-2-3-5-16(13)18-15;;/h2-7,12,14H,8-11,17H2,1H3;2*1H. The molecule has 0 spiro atoms. The van der Waals surface area contributed by atoms with E-state index in [-0.39, 0.29) is 24.8 Å². The third-order valence-electron chi connectivity index (χ3n) is 4.09. The predicted octanol–water partition coefficient (Wildman–Crippen LogP) is 3.25. The first-order valence-corrected chi connectivity index (χ1v) is 7.05. The lowest BCUT2D eigenvalue weighted by atomic mass is 10.0. The second-order valence-corrected chi connectivity index (χ2v) is 5.64. The quantitative estimate of drug-likeness (QED) is 0.940. The fourth-order valence-electron chi connectivity index (χ4n) is 2.86. The summed E-state index contributed by atoms with van der Waals surface area (Å²) in [6.07, 6.45) is 1.21. The zero-order valence-corrected chi connectivity index (χ0v) is 13.9. The molecule has 1 aliphatic heterocycles. The molecule has 0 bridgehead atoms. The van der Waals surface area contributed by atoms with Gasteiger partial charge in [-0.3, -0.25) is 9.88 Å². The van der Waals surface area contributed by atoms with Gasteiger partial charge in [-0.2, -0.15) is 0 Å². The molecule has 1 aromatic heterocycles. The van der Waals surface area contributed by atoms with E-state index in [9.17, 15) is 0 Å². The number of rotatable bonds is 3. The predicted molar refractivity (Wildman–Crippen MR) is 93.3 cm³/mol. The van der Waals surface area contributed by atoms with Crippen LogP contribution in [0.4, 0.5) is 0 Å². The van der Waals surface area contributed by atoms with Crippen molar-refractivity contribution in [3.63, 3.8) is 0 Å². The maximum Gasteiger partial charge on any atom is 0.0705 e. The van der Waals surface area contributed by atoms with Crippen LogP contribution in [0.15, 0.2) is 36.4 Å². The van der Waals surface area contributed by atoms with Crippen molar-refractivity contribution in [3.05, 3.63) is 42.1 Å². The Labute approximate surface area is 138 Å². The summed E-state index contributed by atoms with van der Waals surface area (Å²) in [6.45, 7) is 5.30. The summed E-state index contributed by atoms with van der Waals surface area (Å²) in [5.41, 5.74) is 8.23. The Morgan fingerprint density at radius 2 is 2.00 bits per heavy atom. The van der Waals surface area contributed by atoms with Gasteiger partial charge in [0, 0.05) is 24.5 Å². The summed E-state index contributed by atoms with van der Waals surface area (Å²) in [5, 5.41) is 1.21. The molecule has 0 radical (unpaired) electrons. The minimum absolute atomic E-state index is 0. The number of fused-ring (bicyclic) bond motifs is 1. The lowest BCUT2D eigenvalue weighted by Crippen LogP contribution is -2.29. The lowest BCUT2D eigenvalue weighted by molar-refractivity contribution is 0.305. The molecule has 2 heterocycles. The molecule has 1 saturated heterocycles. The van der Waals surface area contributed by atoms with Gasteiger partial charge in [-0.1, -0.05) is 24.3 Å². The van der Waals surface area contributed by atoms with Crippen LogP contribution in [0.3, 0.4) is 0 Å². The highest BCUT2D eigenvalue weighted by Crippen LogP contribution is 2.21. The van der Waals surface area contributed by atoms with E-state index in [4.69, 9.17) is 10.7 Å². The number of aromatic nitrogens is 1. The smallest absolute Gasteiger partial charge is 0.0705 e. The molecular formula is C16H23Cl2N3. The van der Waals surface area contributed by atoms with Gasteiger partial charge in [-0.05, 0) is 37.9 Å². The van der Waals surface area contributed by atoms with Crippen LogP contribution in [0.1, 0.15) is 19.0 Å². The van der Waals surface area contributed by atoms with Gasteiger partial charge in [0.1, 0.15) is 0 Å². The molecule has 2 unspecified atom stereocenters. The normalized spacial score (nSPS) is 19.8. The van der Waals surface area contributed by atoms with Crippen molar-refractivity contribution >= 4 is 35.7 Å². The monoisotopic (exact) mass is 327 g/mol. The highest BCUT2D eigenvalue weighted by atomic mass is 35.5. The molecule has 21 heavy (non-hydrogen) atoms. The molecular weight excluding hydrogens is 305 g/mol. The van der Waals surface area contributed by atoms with Gasteiger partial charge >= 0.3 is 0 Å². The minimum atomic E-state index is 0. The van der Waals surface area contributed by atoms with Crippen LogP contribution in [-0.2, 0) is 6.54 Å². The van der Waals surface area contributed by atoms with Gasteiger partial charge in [-0.15, -0.1) is 24.8 Å². The molecule has 3 rings (SSSR count). The Morgan fingerprint density at radius 1 is 1.24 bits per heavy atom. The number of halogens is 2. The van der Waals surface area contributed by atoms with E-state index in [1.807, 2.05) is 6.07 Å². The summed E-state index contributed by atoms with van der Waals surface area (Å²) < 4.78 is 0. The second kappa shape index (κ2) is 7.95. The highest BCUT2D eigenvalue weighted by molar-refractivity contribution is 5.85. The van der Waals surface area contributed by atoms with Crippen molar-refractivity contribution in [3.8, 4) is 0 Å². The molecule has 0 saturated carbocycles. The average Bonchev–Trinajstić information content (AvgIpc) is 2.87. The average molecular weight is 328 g/mol. The van der Waals surface area contributed by atoms with Crippen molar-refractivity contribution in [1.29, 1.82) is 0 Å². The lowest BCUT2D eigenvalue weighted by Gasteiger charge is -2.17. The van der Waals surface area contributed by atoms with E-state index in [1.54, 1.807) is 0 Å². The summed E-state index contributed by atoms with van der Waals surface area (Å²) in [7, 11) is 0. The summed E-state index contributed by atoms with van der Waals surface area (Å²) in [5.74, 6) is 0.639. The van der Waals surface area contributed by atoms with Crippen molar-refractivity contribution in [1.82, 2.24) is 9.88 Å². The molecule has 0 amide bonds. The van der Waals surface area contributed by atoms with Gasteiger partial charge < -0.3 is 5.73 Å². The third kappa shape index (κ3) is 4.30. The minimum Gasteiger partial charge on any atom is -0.328 e. The second-order valence-electron chi connectivity index (χ2n) is 5.64. The van der Waals surface area contributed by atoms with Crippen LogP contribution in [0.25, 0.3) is 10.9 Å². The van der Waals surface area contributed by atoms with E-state index in [0.29, 0.717) is 12.0 Å². The van der Waals surface area contributed by atoms with E-state index >= 15 is 0 Å². The van der Waals surface area contributed by atoms with Crippen molar-refractivity contribution < 1.29 is 0 Å². The van der Waals surface area contributed by atoms with E-state index < -0.39 is 0 Å². The Bertz CT molecular complexity index is 574. The largest absolute Gasteiger partial charge is 0.328 e. The Morgan fingerprint density at radius 3 is 2.71 bits per heavy atom. The van der Waals surface area contributed by atoms with Crippen molar-refractivity contribution in [2.45, 2.75) is 25.9 Å². The number of hydrogen-bond donors (Lipinski definition) is 1. The molecule has 5 heteroatoms. The summed E-state index contributed by atoms with van der Waals surface area (Å²) >= 11 is 0. The SMILES string of the molecule is CC(N)C1CCN(Cc2ccc3ccccc3n2)C1.Cl.Cl. The number of pyridine rings is 1. The van der Waals surface area contributed by atoms with Crippen LogP contribution in [0, 0.1) is 5.92 Å². The first kappa shape index (κ1) is 18.2. The molecule has 3 nitrogen and oxygen atoms in total. The number of para-hydroxylation sites is 1. The molecule has 0 aliphatic carbocycles. The third-order valence-corrected chi connectivity index (χ3v) is 4.09. The number of benzene rings is 1. The van der Waals surface area contributed by atoms with Gasteiger partial charge in [0.25, 0.3) is 0 Å². The molecule has 1 fully saturated rings. The Hall–Kier alpha value is -0.870. The molecule has 2 N–H and O–H groups in total. The number of nitrogens with zero attached hydrogens (tertiary/aromatic N) is 2. The first-order valence-electron chi connectivity index (χ1n) is 7.05. The van der Waals surface area contributed by atoms with Crippen LogP contribution >= 0.6 is 24.8 Å². The molecule has 2 aromatic rings. The van der Waals surface area contributed by atoms with Crippen LogP contribution in [-0.4, -0.2) is 29.0 Å². The molecule has 1 aromatic carbocycles. The van der Waals surface area contributed by atoms with Crippen molar-refractivity contribution in [2.24, 2.45) is 11.7 Å². The Kier molecular flexibility index (Phi) is 6.88. The number of nitrogens with two attached hydrogens (primary N) is 1. The van der Waals surface area contributed by atoms with Crippen LogP contribution < -0.4 is 5.73 Å². The molecule has 1 aliphatic rings. The summed E-state index contributed by atoms with van der Waals surface area (Å²) in [6, 6.07) is 12.9. The van der Waals surface area contributed by atoms with Crippen molar-refractivity contribution in [2.75, 3.05) is 13.1 Å². The zero-order chi connectivity index (χ0) is 13.2. The van der Waals surface area contributed by atoms with E-state index in [1.165, 1.54) is 11.8 Å². The number of likely N-dealkylation sites (tertiary alicyclic amines) is 1. The van der Waals surface area contributed by atoms with Gasteiger partial charge in [0.2, 0.25) is 0 Å². The topological polar surface area (TPSA) is 42.1 Å². The first-order chi connectivity index (χ1) is 9.22. The van der Waals surface area contributed by atoms with Gasteiger partial charge in [0.15, 0.2) is 0 Å². The van der Waals surface area contributed by atoms with E-state index in [0.717, 1.165) is 30.8 Å². The fraction of sp³-hybridized carbons (Fsp3) is 0.438. The fourth-order valence-corrected chi connectivity index (χ4v) is 2.86. The number of hydrogen-bond acceptors (Lipinski definition) is 3. The van der Waals surface area contributed by atoms with Gasteiger partial charge in [0.05, 0.1) is 11.2 Å². The van der Waals surface area contributed by atoms with E-state index in [2.05, 4.69) is 42.2 Å². The van der Waals surface area contributed by atoms with Crippen LogP contribution in [0.5, 0.6) is 0 Å². The van der Waals surface area contributed by atoms with Crippen LogP contribution in [0.2, 0.25) is 0 Å².